The van der Waals surface area contributed by atoms with Crippen molar-refractivity contribution in [1.29, 1.82) is 0 Å². The Labute approximate surface area is 119 Å². The highest BCUT2D eigenvalue weighted by Crippen LogP contribution is 2.23. The number of nitrogens with one attached hydrogen (secondary N) is 1. The van der Waals surface area contributed by atoms with E-state index >= 15 is 0 Å². The quantitative estimate of drug-likeness (QED) is 0.748. The van der Waals surface area contributed by atoms with Crippen molar-refractivity contribution in [2.45, 2.75) is 32.0 Å². The Balaban J connectivity index is 2.28. The molecular weight excluding hydrogens is 323 g/mol. The highest BCUT2D eigenvalue weighted by Gasteiger charge is 2.25. The Morgan fingerprint density at radius 2 is 2.00 bits per heavy atom. The van der Waals surface area contributed by atoms with Crippen LogP contribution in [0.5, 0.6) is 5.75 Å². The van der Waals surface area contributed by atoms with Crippen molar-refractivity contribution < 1.29 is 17.9 Å². The van der Waals surface area contributed by atoms with E-state index in [4.69, 9.17) is 4.74 Å². The summed E-state index contributed by atoms with van der Waals surface area (Å²) in [5, 5.41) is 3.12. The van der Waals surface area contributed by atoms with E-state index in [2.05, 4.69) is 21.2 Å². The van der Waals surface area contributed by atoms with E-state index < -0.39 is 12.6 Å². The second kappa shape index (κ2) is 7.75. The molecule has 0 amide bonds. The maximum absolute atomic E-state index is 11.9. The van der Waals surface area contributed by atoms with Crippen LogP contribution in [0.15, 0.2) is 22.7 Å². The molecule has 1 aromatic rings. The van der Waals surface area contributed by atoms with E-state index in [1.165, 1.54) is 0 Å². The summed E-state index contributed by atoms with van der Waals surface area (Å²) in [6.45, 7) is 1.14. The number of methoxy groups -OCH3 is 1. The third-order valence-electron chi connectivity index (χ3n) is 2.62. The second-order valence-corrected chi connectivity index (χ2v) is 5.12. The number of benzene rings is 1. The lowest BCUT2D eigenvalue weighted by molar-refractivity contribution is -0.135. The SMILES string of the molecule is COc1ccc(Br)cc1CNCCCCC(F)(F)F. The molecule has 0 unspecified atom stereocenters. The molecule has 6 heteroatoms. The van der Waals surface area contributed by atoms with E-state index in [0.717, 1.165) is 15.8 Å². The molecule has 0 saturated carbocycles. The lowest BCUT2D eigenvalue weighted by atomic mass is 10.2. The Morgan fingerprint density at radius 1 is 1.26 bits per heavy atom. The van der Waals surface area contributed by atoms with Crippen LogP contribution >= 0.6 is 15.9 Å². The highest BCUT2D eigenvalue weighted by molar-refractivity contribution is 9.10. The minimum Gasteiger partial charge on any atom is -0.496 e. The smallest absolute Gasteiger partial charge is 0.389 e. The summed E-state index contributed by atoms with van der Waals surface area (Å²) < 4.78 is 42.0. The number of alkyl halides is 3. The van der Waals surface area contributed by atoms with Crippen molar-refractivity contribution in [2.75, 3.05) is 13.7 Å². The van der Waals surface area contributed by atoms with Crippen LogP contribution < -0.4 is 10.1 Å². The van der Waals surface area contributed by atoms with Crippen molar-refractivity contribution in [2.24, 2.45) is 0 Å². The van der Waals surface area contributed by atoms with E-state index in [0.29, 0.717) is 19.5 Å². The Kier molecular flexibility index (Phi) is 6.65. The van der Waals surface area contributed by atoms with Crippen molar-refractivity contribution >= 4 is 15.9 Å². The molecule has 0 spiro atoms. The zero-order valence-electron chi connectivity index (χ0n) is 10.7. The van der Waals surface area contributed by atoms with Crippen LogP contribution in [0.4, 0.5) is 13.2 Å². The average molecular weight is 340 g/mol. The molecule has 1 rings (SSSR count). The second-order valence-electron chi connectivity index (χ2n) is 4.21. The standard InChI is InChI=1S/C13H17BrF3NO/c1-19-12-5-4-11(14)8-10(12)9-18-7-3-2-6-13(15,16)17/h4-5,8,18H,2-3,6-7,9H2,1H3. The predicted octanol–water partition coefficient (Wildman–Crippen LogP) is 4.28. The largest absolute Gasteiger partial charge is 0.496 e. The molecule has 1 aromatic carbocycles. The van der Waals surface area contributed by atoms with Crippen LogP contribution in [0.1, 0.15) is 24.8 Å². The van der Waals surface area contributed by atoms with Gasteiger partial charge in [-0.2, -0.15) is 13.2 Å². The molecule has 0 heterocycles. The van der Waals surface area contributed by atoms with E-state index in [1.54, 1.807) is 7.11 Å². The number of halogens is 4. The third-order valence-corrected chi connectivity index (χ3v) is 3.11. The molecule has 2 nitrogen and oxygen atoms in total. The van der Waals surface area contributed by atoms with Gasteiger partial charge in [-0.3, -0.25) is 0 Å². The zero-order valence-corrected chi connectivity index (χ0v) is 12.3. The summed E-state index contributed by atoms with van der Waals surface area (Å²) in [7, 11) is 1.59. The van der Waals surface area contributed by atoms with Gasteiger partial charge >= 0.3 is 6.18 Å². The molecule has 0 aliphatic heterocycles. The topological polar surface area (TPSA) is 21.3 Å². The lowest BCUT2D eigenvalue weighted by Crippen LogP contribution is -2.16. The minimum absolute atomic E-state index is 0.159. The Morgan fingerprint density at radius 3 is 2.63 bits per heavy atom. The highest BCUT2D eigenvalue weighted by atomic mass is 79.9. The van der Waals surface area contributed by atoms with Gasteiger partial charge < -0.3 is 10.1 Å². The number of ether oxygens (including phenoxy) is 1. The monoisotopic (exact) mass is 339 g/mol. The number of rotatable bonds is 7. The third kappa shape index (κ3) is 6.82. The fourth-order valence-corrected chi connectivity index (χ4v) is 2.09. The van der Waals surface area contributed by atoms with Crippen molar-refractivity contribution in [3.63, 3.8) is 0 Å². The number of unbranched alkanes of at least 4 members (excludes halogenated alkanes) is 1. The first-order valence-corrected chi connectivity index (χ1v) is 6.81. The first-order valence-electron chi connectivity index (χ1n) is 6.02. The van der Waals surface area contributed by atoms with Crippen molar-refractivity contribution in [3.8, 4) is 5.75 Å². The predicted molar refractivity (Wildman–Crippen MR) is 72.3 cm³/mol. The van der Waals surface area contributed by atoms with Gasteiger partial charge in [-0.25, -0.2) is 0 Å². The molecule has 108 valence electrons. The van der Waals surface area contributed by atoms with Crippen molar-refractivity contribution in [3.05, 3.63) is 28.2 Å². The van der Waals surface area contributed by atoms with Crippen molar-refractivity contribution in [1.82, 2.24) is 5.32 Å². The van der Waals surface area contributed by atoms with Gasteiger partial charge in [0.25, 0.3) is 0 Å². The maximum Gasteiger partial charge on any atom is 0.389 e. The minimum atomic E-state index is -4.05. The molecule has 0 bridgehead atoms. The maximum atomic E-state index is 11.9. The van der Waals surface area contributed by atoms with Gasteiger partial charge in [0.15, 0.2) is 0 Å². The molecule has 1 N–H and O–H groups in total. The molecule has 0 aromatic heterocycles. The molecule has 0 radical (unpaired) electrons. The average Bonchev–Trinajstić information content (AvgIpc) is 2.32. The van der Waals surface area contributed by atoms with Gasteiger partial charge in [0.05, 0.1) is 7.11 Å². The fourth-order valence-electron chi connectivity index (χ4n) is 1.68. The number of hydrogen-bond donors (Lipinski definition) is 1. The summed E-state index contributed by atoms with van der Waals surface area (Å²) in [6.07, 6.45) is -4.09. The molecule has 0 aliphatic carbocycles. The Hall–Kier alpha value is -0.750. The lowest BCUT2D eigenvalue weighted by Gasteiger charge is -2.10. The molecule has 0 saturated heterocycles. The van der Waals surface area contributed by atoms with Gasteiger partial charge in [0, 0.05) is 23.0 Å². The van der Waals surface area contributed by atoms with E-state index in [9.17, 15) is 13.2 Å². The van der Waals surface area contributed by atoms with E-state index in [1.807, 2.05) is 18.2 Å². The normalized spacial score (nSPS) is 11.6. The summed E-state index contributed by atoms with van der Waals surface area (Å²) in [6, 6.07) is 5.66. The van der Waals surface area contributed by atoms with Crippen LogP contribution in [0.3, 0.4) is 0 Å². The molecule has 0 aliphatic rings. The van der Waals surface area contributed by atoms with E-state index in [-0.39, 0.29) is 6.42 Å². The summed E-state index contributed by atoms with van der Waals surface area (Å²) >= 11 is 3.37. The van der Waals surface area contributed by atoms with Gasteiger partial charge in [-0.15, -0.1) is 0 Å². The van der Waals surface area contributed by atoms with Gasteiger partial charge in [0.1, 0.15) is 5.75 Å². The summed E-state index contributed by atoms with van der Waals surface area (Å²) in [4.78, 5) is 0. The van der Waals surface area contributed by atoms with Gasteiger partial charge in [0.2, 0.25) is 0 Å². The van der Waals surface area contributed by atoms with Gasteiger partial charge in [-0.05, 0) is 37.6 Å². The van der Waals surface area contributed by atoms with Crippen LogP contribution in [0.25, 0.3) is 0 Å². The van der Waals surface area contributed by atoms with Crippen LogP contribution in [0.2, 0.25) is 0 Å². The first kappa shape index (κ1) is 16.3. The first-order chi connectivity index (χ1) is 8.92. The zero-order chi connectivity index (χ0) is 14.3. The van der Waals surface area contributed by atoms with Gasteiger partial charge in [-0.1, -0.05) is 15.9 Å². The summed E-state index contributed by atoms with van der Waals surface area (Å²) in [5.74, 6) is 0.769. The fraction of sp³-hybridized carbons (Fsp3) is 0.538. The summed E-state index contributed by atoms with van der Waals surface area (Å²) in [5.41, 5.74) is 0.979. The van der Waals surface area contributed by atoms with Crippen LogP contribution in [0, 0.1) is 0 Å². The molecule has 0 fully saturated rings. The molecule has 0 atom stereocenters. The van der Waals surface area contributed by atoms with Crippen LogP contribution in [-0.4, -0.2) is 19.8 Å². The van der Waals surface area contributed by atoms with Crippen LogP contribution in [-0.2, 0) is 6.54 Å². The number of hydrogen-bond acceptors (Lipinski definition) is 2. The molecular formula is C13H17BrF3NO. The Bertz CT molecular complexity index is 396. The molecule has 19 heavy (non-hydrogen) atoms.